The first-order chi connectivity index (χ1) is 18.0. The van der Waals surface area contributed by atoms with E-state index < -0.39 is 0 Å². The lowest BCUT2D eigenvalue weighted by atomic mass is 10.1. The van der Waals surface area contributed by atoms with Crippen LogP contribution in [0.2, 0.25) is 0 Å². The van der Waals surface area contributed by atoms with Crippen LogP contribution in [0.25, 0.3) is 21.9 Å². The fraction of sp³-hybridized carbons (Fsp3) is 0.179. The number of aromatic nitrogens is 3. The van der Waals surface area contributed by atoms with Crippen molar-refractivity contribution >= 4 is 34.1 Å². The lowest BCUT2D eigenvalue weighted by Crippen LogP contribution is -2.24. The minimum absolute atomic E-state index is 0.0298. The Bertz CT molecular complexity index is 1630. The molecule has 1 amide bonds. The summed E-state index contributed by atoms with van der Waals surface area (Å²) in [5.41, 5.74) is 6.62. The van der Waals surface area contributed by atoms with Gasteiger partial charge in [-0.05, 0) is 35.9 Å². The molecule has 0 aliphatic heterocycles. The lowest BCUT2D eigenvalue weighted by molar-refractivity contribution is -0.121. The first-order valence-corrected chi connectivity index (χ1v) is 11.7. The molecule has 9 nitrogen and oxygen atoms in total. The predicted molar refractivity (Wildman–Crippen MR) is 142 cm³/mol. The van der Waals surface area contributed by atoms with Gasteiger partial charge >= 0.3 is 0 Å². The average molecular weight is 498 g/mol. The largest absolute Gasteiger partial charge is 0.494 e. The topological polar surface area (TPSA) is 103 Å². The Kier molecular flexibility index (Phi) is 6.51. The number of benzene rings is 3. The number of rotatable bonds is 8. The zero-order valence-corrected chi connectivity index (χ0v) is 20.8. The second-order valence-electron chi connectivity index (χ2n) is 8.58. The van der Waals surface area contributed by atoms with Crippen LogP contribution in [0.4, 0.5) is 0 Å². The van der Waals surface area contributed by atoms with E-state index in [-0.39, 0.29) is 18.3 Å². The van der Waals surface area contributed by atoms with Crippen LogP contribution in [0.3, 0.4) is 0 Å². The molecule has 3 aromatic carbocycles. The van der Waals surface area contributed by atoms with E-state index >= 15 is 0 Å². The third-order valence-corrected chi connectivity index (χ3v) is 6.34. The molecule has 2 heterocycles. The summed E-state index contributed by atoms with van der Waals surface area (Å²) in [6, 6.07) is 21.0. The molecule has 0 saturated carbocycles. The molecule has 37 heavy (non-hydrogen) atoms. The molecular weight excluding hydrogens is 470 g/mol. The summed E-state index contributed by atoms with van der Waals surface area (Å²) in [5, 5.41) is 15.5. The van der Waals surface area contributed by atoms with E-state index in [1.165, 1.54) is 6.21 Å². The number of fused-ring (bicyclic) bond motifs is 2. The van der Waals surface area contributed by atoms with Gasteiger partial charge in [-0.25, -0.2) is 10.4 Å². The molecule has 188 valence electrons. The number of aromatic hydroxyl groups is 1. The number of hydrogen-bond acceptors (Lipinski definition) is 6. The number of carbonyl (C=O) groups excluding carboxylic acids is 1. The normalized spacial score (nSPS) is 11.4. The van der Waals surface area contributed by atoms with Gasteiger partial charge in [0.15, 0.2) is 11.5 Å². The van der Waals surface area contributed by atoms with Gasteiger partial charge in [0.05, 0.1) is 42.5 Å². The molecule has 0 saturated heterocycles. The monoisotopic (exact) mass is 497 g/mol. The molecule has 0 unspecified atom stereocenters. The van der Waals surface area contributed by atoms with Gasteiger partial charge in [0.25, 0.3) is 5.91 Å². The fourth-order valence-corrected chi connectivity index (χ4v) is 4.49. The standard InChI is InChI=1S/C28H27N5O4/c1-32-22-10-6-4-8-19(22)20(28(32)35)16-29-31-27(34)17-33-23-11-7-5-9-21(23)30-26(33)15-18-12-13-24(36-2)25(14-18)37-3/h4-14,16,35H,15,17H2,1-3H3,(H,31,34)/b29-16+. The van der Waals surface area contributed by atoms with Gasteiger partial charge in [-0.15, -0.1) is 0 Å². The quantitative estimate of drug-likeness (QED) is 0.249. The van der Waals surface area contributed by atoms with Crippen molar-refractivity contribution in [3.05, 3.63) is 83.7 Å². The van der Waals surface area contributed by atoms with Crippen molar-refractivity contribution in [2.75, 3.05) is 14.2 Å². The summed E-state index contributed by atoms with van der Waals surface area (Å²) in [4.78, 5) is 17.7. The third-order valence-electron chi connectivity index (χ3n) is 6.34. The van der Waals surface area contributed by atoms with E-state index in [1.807, 2.05) is 71.3 Å². The number of hydrogen-bond donors (Lipinski definition) is 2. The number of nitrogens with zero attached hydrogens (tertiary/aromatic N) is 4. The molecule has 0 atom stereocenters. The molecule has 5 rings (SSSR count). The summed E-state index contributed by atoms with van der Waals surface area (Å²) in [6.07, 6.45) is 1.96. The van der Waals surface area contributed by atoms with E-state index in [4.69, 9.17) is 14.5 Å². The number of hydrazone groups is 1. The number of methoxy groups -OCH3 is 2. The first-order valence-electron chi connectivity index (χ1n) is 11.7. The highest BCUT2D eigenvalue weighted by atomic mass is 16.5. The maximum absolute atomic E-state index is 12.9. The minimum atomic E-state index is -0.312. The van der Waals surface area contributed by atoms with Crippen molar-refractivity contribution in [1.29, 1.82) is 0 Å². The second kappa shape index (κ2) is 10.1. The van der Waals surface area contributed by atoms with Crippen LogP contribution in [0.5, 0.6) is 17.4 Å². The highest BCUT2D eigenvalue weighted by molar-refractivity contribution is 6.02. The van der Waals surface area contributed by atoms with Crippen molar-refractivity contribution in [3.63, 3.8) is 0 Å². The SMILES string of the molecule is COc1ccc(Cc2nc3ccccc3n2CC(=O)N/N=C/c2c(O)n(C)c3ccccc23)cc1OC. The van der Waals surface area contributed by atoms with Crippen LogP contribution in [-0.4, -0.2) is 45.6 Å². The van der Waals surface area contributed by atoms with Crippen molar-refractivity contribution in [2.24, 2.45) is 12.1 Å². The molecular formula is C28H27N5O4. The number of ether oxygens (including phenoxy) is 2. The molecule has 9 heteroatoms. The average Bonchev–Trinajstić information content (AvgIpc) is 3.38. The molecule has 0 aliphatic carbocycles. The first kappa shape index (κ1) is 23.9. The smallest absolute Gasteiger partial charge is 0.260 e. The number of aryl methyl sites for hydroxylation is 1. The predicted octanol–water partition coefficient (Wildman–Crippen LogP) is 3.99. The van der Waals surface area contributed by atoms with Gasteiger partial charge < -0.3 is 23.7 Å². The number of carbonyl (C=O) groups is 1. The highest BCUT2D eigenvalue weighted by Crippen LogP contribution is 2.30. The van der Waals surface area contributed by atoms with Gasteiger partial charge in [-0.2, -0.15) is 5.10 Å². The second-order valence-corrected chi connectivity index (χ2v) is 8.58. The molecule has 2 aromatic heterocycles. The molecule has 0 bridgehead atoms. The zero-order valence-electron chi connectivity index (χ0n) is 20.8. The summed E-state index contributed by atoms with van der Waals surface area (Å²) >= 11 is 0. The van der Waals surface area contributed by atoms with Crippen molar-refractivity contribution in [2.45, 2.75) is 13.0 Å². The molecule has 5 aromatic rings. The summed E-state index contributed by atoms with van der Waals surface area (Å²) in [7, 11) is 4.97. The molecule has 0 aliphatic rings. The summed E-state index contributed by atoms with van der Waals surface area (Å²) in [5.74, 6) is 1.78. The zero-order chi connectivity index (χ0) is 25.9. The minimum Gasteiger partial charge on any atom is -0.494 e. The molecule has 2 N–H and O–H groups in total. The van der Waals surface area contributed by atoms with Crippen molar-refractivity contribution in [3.8, 4) is 17.4 Å². The molecule has 0 radical (unpaired) electrons. The Morgan fingerprint density at radius 2 is 1.76 bits per heavy atom. The van der Waals surface area contributed by atoms with Gasteiger partial charge in [-0.1, -0.05) is 36.4 Å². The van der Waals surface area contributed by atoms with Gasteiger partial charge in [-0.3, -0.25) is 4.79 Å². The van der Waals surface area contributed by atoms with Gasteiger partial charge in [0, 0.05) is 18.9 Å². The van der Waals surface area contributed by atoms with Crippen LogP contribution < -0.4 is 14.9 Å². The van der Waals surface area contributed by atoms with Crippen molar-refractivity contribution < 1.29 is 19.4 Å². The maximum atomic E-state index is 12.9. The summed E-state index contributed by atoms with van der Waals surface area (Å²) in [6.45, 7) is 0.0298. The molecule has 0 spiro atoms. The van der Waals surface area contributed by atoms with Gasteiger partial charge in [0.2, 0.25) is 5.88 Å². The molecule has 0 fully saturated rings. The van der Waals surface area contributed by atoms with Crippen LogP contribution in [0.15, 0.2) is 71.8 Å². The Balaban J connectivity index is 1.38. The van der Waals surface area contributed by atoms with Crippen LogP contribution in [0.1, 0.15) is 17.0 Å². The van der Waals surface area contributed by atoms with Gasteiger partial charge in [0.1, 0.15) is 12.4 Å². The number of imidazole rings is 1. The Hall–Kier alpha value is -4.79. The van der Waals surface area contributed by atoms with Crippen molar-refractivity contribution in [1.82, 2.24) is 19.5 Å². The number of para-hydroxylation sites is 3. The Morgan fingerprint density at radius 3 is 2.54 bits per heavy atom. The summed E-state index contributed by atoms with van der Waals surface area (Å²) < 4.78 is 14.3. The number of amides is 1. The Morgan fingerprint density at radius 1 is 1.03 bits per heavy atom. The van der Waals surface area contributed by atoms with E-state index in [9.17, 15) is 9.90 Å². The van der Waals surface area contributed by atoms with E-state index in [0.29, 0.717) is 23.5 Å². The lowest BCUT2D eigenvalue weighted by Gasteiger charge is -2.11. The van der Waals surface area contributed by atoms with E-state index in [1.54, 1.807) is 25.8 Å². The van der Waals surface area contributed by atoms with Crippen LogP contribution >= 0.6 is 0 Å². The highest BCUT2D eigenvalue weighted by Gasteiger charge is 2.16. The van der Waals surface area contributed by atoms with Crippen LogP contribution in [-0.2, 0) is 24.8 Å². The van der Waals surface area contributed by atoms with Crippen LogP contribution in [0, 0.1) is 0 Å². The number of nitrogens with one attached hydrogen (secondary N) is 1. The maximum Gasteiger partial charge on any atom is 0.260 e. The third kappa shape index (κ3) is 4.58. The fourth-order valence-electron chi connectivity index (χ4n) is 4.49. The Labute approximate surface area is 213 Å². The van der Waals surface area contributed by atoms with E-state index in [0.717, 1.165) is 33.3 Å². The van der Waals surface area contributed by atoms with E-state index in [2.05, 4.69) is 10.5 Å².